The fraction of sp³-hybridized carbons (Fsp3) is 0.471. The third kappa shape index (κ3) is 1.78. The molecule has 1 aromatic rings. The minimum atomic E-state index is -1.14. The molecule has 2 fully saturated rings. The number of anilines is 1. The Bertz CT molecular complexity index is 757. The van der Waals surface area contributed by atoms with E-state index in [2.05, 4.69) is 4.90 Å². The van der Waals surface area contributed by atoms with Crippen molar-refractivity contribution in [3.8, 4) is 0 Å². The van der Waals surface area contributed by atoms with Gasteiger partial charge in [0.25, 0.3) is 0 Å². The van der Waals surface area contributed by atoms with Gasteiger partial charge in [0.05, 0.1) is 6.04 Å². The summed E-state index contributed by atoms with van der Waals surface area (Å²) < 4.78 is 0. The van der Waals surface area contributed by atoms with Crippen LogP contribution in [0, 0.1) is 5.41 Å². The number of thiocarbonyl (C=S) groups is 1. The lowest BCUT2D eigenvalue weighted by Crippen LogP contribution is -2.70. The van der Waals surface area contributed by atoms with E-state index in [1.165, 1.54) is 9.80 Å². The van der Waals surface area contributed by atoms with E-state index < -0.39 is 5.41 Å². The molecule has 3 heterocycles. The minimum Gasteiger partial charge on any atom is -0.367 e. The van der Waals surface area contributed by atoms with Crippen molar-refractivity contribution >= 4 is 46.4 Å². The average Bonchev–Trinajstić information content (AvgIpc) is 3.08. The van der Waals surface area contributed by atoms with Crippen LogP contribution >= 0.6 is 23.8 Å². The van der Waals surface area contributed by atoms with E-state index in [0.717, 1.165) is 30.6 Å². The zero-order chi connectivity index (χ0) is 17.2. The number of hydrogen-bond acceptors (Lipinski definition) is 4. The predicted octanol–water partition coefficient (Wildman–Crippen LogP) is 2.07. The number of benzene rings is 1. The Morgan fingerprint density at radius 3 is 2.54 bits per heavy atom. The summed E-state index contributed by atoms with van der Waals surface area (Å²) in [6.45, 7) is 0.832. The Kier molecular flexibility index (Phi) is 3.41. The van der Waals surface area contributed by atoms with Crippen LogP contribution in [0.3, 0.4) is 0 Å². The summed E-state index contributed by atoms with van der Waals surface area (Å²) in [6.07, 6.45) is 2.10. The van der Waals surface area contributed by atoms with Crippen LogP contribution in [0.25, 0.3) is 0 Å². The van der Waals surface area contributed by atoms with Gasteiger partial charge < -0.3 is 4.90 Å². The van der Waals surface area contributed by atoms with Crippen LogP contribution in [0.15, 0.2) is 18.2 Å². The van der Waals surface area contributed by atoms with Gasteiger partial charge in [-0.25, -0.2) is 0 Å². The maximum absolute atomic E-state index is 13.3. The van der Waals surface area contributed by atoms with Gasteiger partial charge in [-0.15, -0.1) is 0 Å². The topological polar surface area (TPSA) is 43.9 Å². The van der Waals surface area contributed by atoms with Crippen molar-refractivity contribution in [1.29, 1.82) is 0 Å². The molecule has 24 heavy (non-hydrogen) atoms. The van der Waals surface area contributed by atoms with Crippen LogP contribution in [0.5, 0.6) is 0 Å². The molecule has 0 aliphatic carbocycles. The summed E-state index contributed by atoms with van der Waals surface area (Å²) in [6, 6.07) is 5.63. The normalized spacial score (nSPS) is 25.4. The van der Waals surface area contributed by atoms with Crippen molar-refractivity contribution in [2.45, 2.75) is 25.3 Å². The highest BCUT2D eigenvalue weighted by Crippen LogP contribution is 2.50. The molecule has 4 rings (SSSR count). The lowest BCUT2D eigenvalue weighted by atomic mass is 9.68. The Morgan fingerprint density at radius 1 is 1.21 bits per heavy atom. The maximum Gasteiger partial charge on any atom is 0.246 e. The molecule has 0 radical (unpaired) electrons. The van der Waals surface area contributed by atoms with Gasteiger partial charge in [0.15, 0.2) is 10.5 Å². The molecule has 0 unspecified atom stereocenters. The largest absolute Gasteiger partial charge is 0.367 e. The molecule has 0 N–H and O–H groups in total. The maximum atomic E-state index is 13.3. The number of nitrogens with zero attached hydrogens (tertiary/aromatic N) is 3. The molecule has 7 heteroatoms. The molecule has 2 amide bonds. The van der Waals surface area contributed by atoms with E-state index in [1.807, 2.05) is 18.2 Å². The highest BCUT2D eigenvalue weighted by atomic mass is 35.5. The average molecular weight is 364 g/mol. The third-order valence-electron chi connectivity index (χ3n) is 5.63. The van der Waals surface area contributed by atoms with Gasteiger partial charge in [0.2, 0.25) is 11.8 Å². The molecule has 3 aliphatic rings. The first-order valence-electron chi connectivity index (χ1n) is 8.04. The van der Waals surface area contributed by atoms with Crippen molar-refractivity contribution in [3.05, 3.63) is 28.8 Å². The standard InChI is InChI=1S/C17H18ClN3O2S/c1-19-14(22)17(15(23)20(2)16(19)24)9-10-11(18)5-3-6-12(10)21-8-4-7-13(17)21/h3,5-6,13H,4,7-9H2,1-2H3/t13-/m1/s1. The van der Waals surface area contributed by atoms with Crippen molar-refractivity contribution in [3.63, 3.8) is 0 Å². The Morgan fingerprint density at radius 2 is 1.88 bits per heavy atom. The zero-order valence-electron chi connectivity index (χ0n) is 13.6. The lowest BCUT2D eigenvalue weighted by Gasteiger charge is -2.51. The monoisotopic (exact) mass is 363 g/mol. The number of amides is 2. The number of carbonyl (C=O) groups is 2. The Balaban J connectivity index is 1.94. The molecule has 5 nitrogen and oxygen atoms in total. The van der Waals surface area contributed by atoms with E-state index in [9.17, 15) is 9.59 Å². The molecule has 3 aliphatic heterocycles. The predicted molar refractivity (Wildman–Crippen MR) is 96.1 cm³/mol. The first-order chi connectivity index (χ1) is 11.4. The van der Waals surface area contributed by atoms with Crippen LogP contribution < -0.4 is 4.90 Å². The van der Waals surface area contributed by atoms with Crippen molar-refractivity contribution in [2.75, 3.05) is 25.5 Å². The van der Waals surface area contributed by atoms with Crippen LogP contribution in [-0.2, 0) is 16.0 Å². The van der Waals surface area contributed by atoms with Crippen LogP contribution in [0.2, 0.25) is 5.02 Å². The van der Waals surface area contributed by atoms with E-state index >= 15 is 0 Å². The van der Waals surface area contributed by atoms with E-state index in [0.29, 0.717) is 11.4 Å². The quantitative estimate of drug-likeness (QED) is 0.523. The second-order valence-electron chi connectivity index (χ2n) is 6.75. The summed E-state index contributed by atoms with van der Waals surface area (Å²) >= 11 is 11.7. The van der Waals surface area contributed by atoms with Crippen molar-refractivity contribution < 1.29 is 9.59 Å². The fourth-order valence-corrected chi connectivity index (χ4v) is 4.88. The van der Waals surface area contributed by atoms with Crippen LogP contribution in [0.4, 0.5) is 5.69 Å². The molecular formula is C17H18ClN3O2S. The Labute approximate surface area is 151 Å². The van der Waals surface area contributed by atoms with E-state index in [4.69, 9.17) is 23.8 Å². The van der Waals surface area contributed by atoms with E-state index in [-0.39, 0.29) is 23.0 Å². The minimum absolute atomic E-state index is 0.142. The summed E-state index contributed by atoms with van der Waals surface area (Å²) in [5.41, 5.74) is 0.795. The summed E-state index contributed by atoms with van der Waals surface area (Å²) in [5, 5.41) is 0.862. The van der Waals surface area contributed by atoms with Gasteiger partial charge >= 0.3 is 0 Å². The van der Waals surface area contributed by atoms with Crippen LogP contribution in [0.1, 0.15) is 18.4 Å². The van der Waals surface area contributed by atoms with Crippen LogP contribution in [-0.4, -0.2) is 53.4 Å². The first kappa shape index (κ1) is 15.8. The second kappa shape index (κ2) is 5.17. The van der Waals surface area contributed by atoms with Gasteiger partial charge in [0, 0.05) is 37.8 Å². The molecule has 1 aromatic carbocycles. The highest BCUT2D eigenvalue weighted by Gasteiger charge is 2.63. The number of halogens is 1. The second-order valence-corrected chi connectivity index (χ2v) is 7.52. The van der Waals surface area contributed by atoms with E-state index in [1.54, 1.807) is 14.1 Å². The molecule has 0 bridgehead atoms. The van der Waals surface area contributed by atoms with Gasteiger partial charge in [-0.1, -0.05) is 17.7 Å². The summed E-state index contributed by atoms with van der Waals surface area (Å²) in [4.78, 5) is 31.6. The molecular weight excluding hydrogens is 346 g/mol. The van der Waals surface area contributed by atoms with Gasteiger partial charge in [-0.2, -0.15) is 0 Å². The first-order valence-corrected chi connectivity index (χ1v) is 8.82. The highest BCUT2D eigenvalue weighted by molar-refractivity contribution is 7.80. The summed E-state index contributed by atoms with van der Waals surface area (Å²) in [7, 11) is 3.30. The zero-order valence-corrected chi connectivity index (χ0v) is 15.2. The smallest absolute Gasteiger partial charge is 0.246 e. The third-order valence-corrected chi connectivity index (χ3v) is 6.53. The van der Waals surface area contributed by atoms with Gasteiger partial charge in [-0.3, -0.25) is 19.4 Å². The Hall–Kier alpha value is -1.66. The fourth-order valence-electron chi connectivity index (χ4n) is 4.48. The number of hydrogen-bond donors (Lipinski definition) is 0. The number of rotatable bonds is 0. The number of fused-ring (bicyclic) bond motifs is 4. The summed E-state index contributed by atoms with van der Waals surface area (Å²) in [5.74, 6) is -0.420. The molecule has 1 spiro atoms. The molecule has 2 saturated heterocycles. The molecule has 0 aromatic heterocycles. The van der Waals surface area contributed by atoms with Gasteiger partial charge in [-0.05, 0) is 42.8 Å². The number of carbonyl (C=O) groups excluding carboxylic acids is 2. The lowest BCUT2D eigenvalue weighted by molar-refractivity contribution is -0.156. The van der Waals surface area contributed by atoms with Gasteiger partial charge in [0.1, 0.15) is 0 Å². The molecule has 1 atom stereocenters. The molecule has 0 saturated carbocycles. The SMILES string of the molecule is CN1C(=O)C2(Cc3c(Cl)cccc3N3CCC[C@@H]32)C(=O)N(C)C1=S. The molecule has 126 valence electrons. The van der Waals surface area contributed by atoms with Crippen molar-refractivity contribution in [2.24, 2.45) is 5.41 Å². The van der Waals surface area contributed by atoms with Crippen molar-refractivity contribution in [1.82, 2.24) is 9.80 Å².